The van der Waals surface area contributed by atoms with E-state index >= 15 is 0 Å². The van der Waals surface area contributed by atoms with Gasteiger partial charge in [0.05, 0.1) is 0 Å². The van der Waals surface area contributed by atoms with Gasteiger partial charge in [-0.05, 0) is 31.4 Å². The summed E-state index contributed by atoms with van der Waals surface area (Å²) in [6.45, 7) is 5.13. The van der Waals surface area contributed by atoms with E-state index in [1.807, 2.05) is 6.92 Å². The molecule has 1 aromatic heterocycles. The fourth-order valence-electron chi connectivity index (χ4n) is 1.20. The highest BCUT2D eigenvalue weighted by molar-refractivity contribution is 8.00. The Morgan fingerprint density at radius 1 is 1.60 bits per heavy atom. The van der Waals surface area contributed by atoms with E-state index in [0.29, 0.717) is 6.04 Å². The van der Waals surface area contributed by atoms with Crippen molar-refractivity contribution < 1.29 is 5.11 Å². The normalized spacial score (nSPS) is 13.0. The van der Waals surface area contributed by atoms with E-state index in [2.05, 4.69) is 21.6 Å². The summed E-state index contributed by atoms with van der Waals surface area (Å²) in [5, 5.41) is 12.2. The summed E-state index contributed by atoms with van der Waals surface area (Å²) in [4.78, 5) is 4.28. The highest BCUT2D eigenvalue weighted by Crippen LogP contribution is 2.21. The lowest BCUT2D eigenvalue weighted by Crippen LogP contribution is -2.31. The molecule has 86 valence electrons. The second-order valence-electron chi connectivity index (χ2n) is 3.19. The minimum atomic E-state index is 0.230. The summed E-state index contributed by atoms with van der Waals surface area (Å²) in [6.07, 6.45) is 0.790. The van der Waals surface area contributed by atoms with Crippen molar-refractivity contribution in [2.24, 2.45) is 0 Å². The van der Waals surface area contributed by atoms with Crippen LogP contribution in [0.5, 0.6) is 0 Å². The van der Waals surface area contributed by atoms with Gasteiger partial charge in [0.2, 0.25) is 0 Å². The Hall–Kier alpha value is -0.170. The van der Waals surface area contributed by atoms with Crippen LogP contribution in [0.2, 0.25) is 0 Å². The molecule has 4 nitrogen and oxygen atoms in total. The maximum atomic E-state index is 8.89. The maximum absolute atomic E-state index is 8.89. The second-order valence-corrected chi connectivity index (χ2v) is 5.20. The Balaban J connectivity index is 2.32. The molecule has 0 spiro atoms. The van der Waals surface area contributed by atoms with Crippen LogP contribution < -0.4 is 5.32 Å². The van der Waals surface area contributed by atoms with Gasteiger partial charge >= 0.3 is 0 Å². The van der Waals surface area contributed by atoms with E-state index < -0.39 is 0 Å². The quantitative estimate of drug-likeness (QED) is 0.711. The zero-order valence-electron chi connectivity index (χ0n) is 9.06. The first-order chi connectivity index (χ1) is 7.26. The average molecular weight is 247 g/mol. The van der Waals surface area contributed by atoms with Crippen LogP contribution in [0.1, 0.15) is 19.2 Å². The van der Waals surface area contributed by atoms with Crippen LogP contribution in [0.15, 0.2) is 4.34 Å². The molecule has 1 rings (SSSR count). The van der Waals surface area contributed by atoms with Gasteiger partial charge in [0.15, 0.2) is 4.34 Å². The summed E-state index contributed by atoms with van der Waals surface area (Å²) in [6, 6.07) is 0.356. The molecule has 2 N–H and O–H groups in total. The molecule has 0 aliphatic rings. The van der Waals surface area contributed by atoms with Gasteiger partial charge in [-0.15, -0.1) is 0 Å². The standard InChI is InChI=1S/C9H17N3OS2/c1-3-10-8(4-5-13)6-14-9-11-7(2)12-15-9/h8,10,13H,3-6H2,1-2H3. The third kappa shape index (κ3) is 4.92. The van der Waals surface area contributed by atoms with E-state index in [1.54, 1.807) is 11.8 Å². The van der Waals surface area contributed by atoms with Crippen molar-refractivity contribution in [2.45, 2.75) is 30.6 Å². The summed E-state index contributed by atoms with van der Waals surface area (Å²) >= 11 is 3.14. The van der Waals surface area contributed by atoms with Crippen LogP contribution in [-0.4, -0.2) is 39.4 Å². The lowest BCUT2D eigenvalue weighted by Gasteiger charge is -2.14. The van der Waals surface area contributed by atoms with Crippen molar-refractivity contribution in [3.05, 3.63) is 5.82 Å². The molecule has 1 aromatic rings. The Labute approximate surface area is 98.7 Å². The molecule has 0 saturated heterocycles. The number of aromatic nitrogens is 2. The van der Waals surface area contributed by atoms with E-state index in [1.165, 1.54) is 11.5 Å². The van der Waals surface area contributed by atoms with Crippen LogP contribution in [0.4, 0.5) is 0 Å². The molecule has 1 atom stereocenters. The van der Waals surface area contributed by atoms with Gasteiger partial charge in [0.1, 0.15) is 5.82 Å². The predicted molar refractivity (Wildman–Crippen MR) is 64.5 cm³/mol. The smallest absolute Gasteiger partial charge is 0.170 e. The number of aliphatic hydroxyl groups is 1. The third-order valence-electron chi connectivity index (χ3n) is 1.89. The predicted octanol–water partition coefficient (Wildman–Crippen LogP) is 1.30. The number of thioether (sulfide) groups is 1. The number of aryl methyl sites for hydroxylation is 1. The van der Waals surface area contributed by atoms with E-state index in [9.17, 15) is 0 Å². The molecule has 0 saturated carbocycles. The van der Waals surface area contributed by atoms with Crippen molar-refractivity contribution in [3.63, 3.8) is 0 Å². The lowest BCUT2D eigenvalue weighted by atomic mass is 10.2. The van der Waals surface area contributed by atoms with Crippen molar-refractivity contribution in [1.29, 1.82) is 0 Å². The Morgan fingerprint density at radius 2 is 2.40 bits per heavy atom. The van der Waals surface area contributed by atoms with E-state index in [-0.39, 0.29) is 6.61 Å². The zero-order chi connectivity index (χ0) is 11.1. The van der Waals surface area contributed by atoms with Gasteiger partial charge in [-0.3, -0.25) is 0 Å². The maximum Gasteiger partial charge on any atom is 0.170 e. The number of aliphatic hydroxyl groups excluding tert-OH is 1. The molecule has 6 heteroatoms. The molecule has 0 aliphatic heterocycles. The summed E-state index contributed by atoms with van der Waals surface area (Å²) < 4.78 is 5.13. The van der Waals surface area contributed by atoms with Crippen LogP contribution in [0.25, 0.3) is 0 Å². The summed E-state index contributed by atoms with van der Waals surface area (Å²) in [5.41, 5.74) is 0. The third-order valence-corrected chi connectivity index (χ3v) is 3.97. The van der Waals surface area contributed by atoms with Gasteiger partial charge in [-0.1, -0.05) is 18.7 Å². The number of rotatable bonds is 7. The molecule has 0 fully saturated rings. The Kier molecular flexibility index (Phi) is 6.16. The largest absolute Gasteiger partial charge is 0.396 e. The molecule has 0 aliphatic carbocycles. The highest BCUT2D eigenvalue weighted by Gasteiger charge is 2.09. The Bertz CT molecular complexity index is 274. The summed E-state index contributed by atoms with van der Waals surface area (Å²) in [5.74, 6) is 1.77. The van der Waals surface area contributed by atoms with Crippen LogP contribution in [-0.2, 0) is 0 Å². The molecule has 15 heavy (non-hydrogen) atoms. The number of hydrogen-bond donors (Lipinski definition) is 2. The monoisotopic (exact) mass is 247 g/mol. The van der Waals surface area contributed by atoms with Crippen molar-refractivity contribution in [3.8, 4) is 0 Å². The van der Waals surface area contributed by atoms with E-state index in [0.717, 1.165) is 28.9 Å². The molecule has 1 heterocycles. The molecule has 0 bridgehead atoms. The molecule has 0 amide bonds. The Morgan fingerprint density at radius 3 is 2.93 bits per heavy atom. The first kappa shape index (κ1) is 12.9. The average Bonchev–Trinajstić information content (AvgIpc) is 2.61. The van der Waals surface area contributed by atoms with E-state index in [4.69, 9.17) is 5.11 Å². The first-order valence-electron chi connectivity index (χ1n) is 5.03. The van der Waals surface area contributed by atoms with Gasteiger partial charge in [0.25, 0.3) is 0 Å². The minimum Gasteiger partial charge on any atom is -0.396 e. The molecular weight excluding hydrogens is 230 g/mol. The number of nitrogens with zero attached hydrogens (tertiary/aromatic N) is 2. The van der Waals surface area contributed by atoms with Gasteiger partial charge < -0.3 is 10.4 Å². The van der Waals surface area contributed by atoms with Crippen molar-refractivity contribution >= 4 is 23.3 Å². The van der Waals surface area contributed by atoms with Crippen molar-refractivity contribution in [2.75, 3.05) is 18.9 Å². The molecule has 0 radical (unpaired) electrons. The first-order valence-corrected chi connectivity index (χ1v) is 6.79. The van der Waals surface area contributed by atoms with Crippen molar-refractivity contribution in [1.82, 2.24) is 14.7 Å². The fourth-order valence-corrected chi connectivity index (χ4v) is 2.97. The molecule has 0 aromatic carbocycles. The SMILES string of the molecule is CCNC(CCO)CSc1nc(C)ns1. The molecular formula is C9H17N3OS2. The fraction of sp³-hybridized carbons (Fsp3) is 0.778. The zero-order valence-corrected chi connectivity index (χ0v) is 10.7. The topological polar surface area (TPSA) is 58.0 Å². The van der Waals surface area contributed by atoms with Gasteiger partial charge in [-0.25, -0.2) is 4.98 Å². The minimum absolute atomic E-state index is 0.230. The van der Waals surface area contributed by atoms with Gasteiger partial charge in [-0.2, -0.15) is 4.37 Å². The summed E-state index contributed by atoms with van der Waals surface area (Å²) in [7, 11) is 0. The van der Waals surface area contributed by atoms with Crippen LogP contribution in [0, 0.1) is 6.92 Å². The van der Waals surface area contributed by atoms with Crippen LogP contribution in [0.3, 0.4) is 0 Å². The molecule has 1 unspecified atom stereocenters. The lowest BCUT2D eigenvalue weighted by molar-refractivity contribution is 0.271. The van der Waals surface area contributed by atoms with Gasteiger partial charge in [0, 0.05) is 18.4 Å². The number of nitrogens with one attached hydrogen (secondary N) is 1. The highest BCUT2D eigenvalue weighted by atomic mass is 32.2. The number of hydrogen-bond acceptors (Lipinski definition) is 6. The second kappa shape index (κ2) is 7.16. The van der Waals surface area contributed by atoms with Crippen LogP contribution >= 0.6 is 23.3 Å².